The summed E-state index contributed by atoms with van der Waals surface area (Å²) in [7, 11) is 0. The molecule has 0 bridgehead atoms. The van der Waals surface area contributed by atoms with Crippen molar-refractivity contribution in [1.29, 1.82) is 0 Å². The number of aliphatic hydroxyl groups excluding tert-OH is 1. The molecule has 1 unspecified atom stereocenters. The first-order chi connectivity index (χ1) is 10.1. The molecule has 1 aromatic carbocycles. The molecule has 1 aromatic rings. The molecule has 0 saturated heterocycles. The molecule has 0 radical (unpaired) electrons. The fourth-order valence-corrected chi connectivity index (χ4v) is 2.72. The average Bonchev–Trinajstić information content (AvgIpc) is 2.48. The largest absolute Gasteiger partial charge is 0.388 e. The van der Waals surface area contributed by atoms with Crippen molar-refractivity contribution < 1.29 is 9.50 Å². The first-order valence-electron chi connectivity index (χ1n) is 8.59. The highest BCUT2D eigenvalue weighted by Gasteiger charge is 2.12. The Morgan fingerprint density at radius 3 is 2.14 bits per heavy atom. The van der Waals surface area contributed by atoms with Gasteiger partial charge in [0.25, 0.3) is 0 Å². The van der Waals surface area contributed by atoms with Crippen LogP contribution in [-0.4, -0.2) is 5.11 Å². The lowest BCUT2D eigenvalue weighted by Gasteiger charge is -2.12. The minimum absolute atomic E-state index is 0.288. The summed E-state index contributed by atoms with van der Waals surface area (Å²) in [5, 5.41) is 10.1. The Labute approximate surface area is 129 Å². The smallest absolute Gasteiger partial charge is 0.129 e. The number of halogens is 1. The van der Waals surface area contributed by atoms with E-state index in [1.54, 1.807) is 12.1 Å². The van der Waals surface area contributed by atoms with Crippen LogP contribution in [0.25, 0.3) is 0 Å². The van der Waals surface area contributed by atoms with Crippen LogP contribution in [-0.2, 0) is 0 Å². The SMILES string of the molecule is CCCCCCCCCCCC(O)c1cc(C)ccc1F. The number of unbranched alkanes of at least 4 members (excludes halogenated alkanes) is 8. The Morgan fingerprint density at radius 2 is 1.52 bits per heavy atom. The summed E-state index contributed by atoms with van der Waals surface area (Å²) in [6.45, 7) is 4.16. The molecule has 1 rings (SSSR count). The molecule has 0 heterocycles. The van der Waals surface area contributed by atoms with Gasteiger partial charge < -0.3 is 5.11 Å². The van der Waals surface area contributed by atoms with E-state index in [1.807, 2.05) is 6.92 Å². The van der Waals surface area contributed by atoms with Gasteiger partial charge in [-0.15, -0.1) is 0 Å². The summed E-state index contributed by atoms with van der Waals surface area (Å²) in [5.41, 5.74) is 1.45. The summed E-state index contributed by atoms with van der Waals surface area (Å²) >= 11 is 0. The second kappa shape index (κ2) is 10.8. The van der Waals surface area contributed by atoms with Crippen molar-refractivity contribution in [3.63, 3.8) is 0 Å². The first-order valence-corrected chi connectivity index (χ1v) is 8.59. The molecule has 2 heteroatoms. The van der Waals surface area contributed by atoms with E-state index in [2.05, 4.69) is 6.92 Å². The molecule has 0 fully saturated rings. The van der Waals surface area contributed by atoms with E-state index in [-0.39, 0.29) is 5.82 Å². The van der Waals surface area contributed by atoms with Crippen LogP contribution in [0.15, 0.2) is 18.2 Å². The monoisotopic (exact) mass is 294 g/mol. The van der Waals surface area contributed by atoms with Gasteiger partial charge in [-0.25, -0.2) is 4.39 Å². The summed E-state index contributed by atoms with van der Waals surface area (Å²) in [6, 6.07) is 4.95. The van der Waals surface area contributed by atoms with Crippen LogP contribution < -0.4 is 0 Å². The number of hydrogen-bond donors (Lipinski definition) is 1. The number of aryl methyl sites for hydroxylation is 1. The highest BCUT2D eigenvalue weighted by Crippen LogP contribution is 2.23. The average molecular weight is 294 g/mol. The molecule has 0 amide bonds. The van der Waals surface area contributed by atoms with Gasteiger partial charge in [0, 0.05) is 5.56 Å². The van der Waals surface area contributed by atoms with Gasteiger partial charge in [0.05, 0.1) is 6.10 Å². The lowest BCUT2D eigenvalue weighted by atomic mass is 10.00. The molecule has 120 valence electrons. The van der Waals surface area contributed by atoms with Crippen LogP contribution in [0.5, 0.6) is 0 Å². The Hall–Kier alpha value is -0.890. The lowest BCUT2D eigenvalue weighted by molar-refractivity contribution is 0.158. The molecule has 0 saturated carbocycles. The fraction of sp³-hybridized carbons (Fsp3) is 0.684. The van der Waals surface area contributed by atoms with Crippen molar-refractivity contribution in [1.82, 2.24) is 0 Å². The molecule has 1 nitrogen and oxygen atoms in total. The van der Waals surface area contributed by atoms with E-state index < -0.39 is 6.10 Å². The molecule has 0 aliphatic rings. The van der Waals surface area contributed by atoms with Gasteiger partial charge in [0.2, 0.25) is 0 Å². The lowest BCUT2D eigenvalue weighted by Crippen LogP contribution is -2.01. The second-order valence-corrected chi connectivity index (χ2v) is 6.16. The molecule has 21 heavy (non-hydrogen) atoms. The van der Waals surface area contributed by atoms with Crippen molar-refractivity contribution in [2.45, 2.75) is 84.2 Å². The first kappa shape index (κ1) is 18.2. The third-order valence-electron chi connectivity index (χ3n) is 4.09. The van der Waals surface area contributed by atoms with Crippen LogP contribution >= 0.6 is 0 Å². The summed E-state index contributed by atoms with van der Waals surface area (Å²) in [6.07, 6.45) is 11.3. The van der Waals surface area contributed by atoms with Crippen LogP contribution in [0.2, 0.25) is 0 Å². The summed E-state index contributed by atoms with van der Waals surface area (Å²) in [5.74, 6) is -0.288. The van der Waals surface area contributed by atoms with Gasteiger partial charge in [-0.05, 0) is 19.4 Å². The third kappa shape index (κ3) is 7.61. The zero-order chi connectivity index (χ0) is 15.5. The molecule has 1 N–H and O–H groups in total. The van der Waals surface area contributed by atoms with Gasteiger partial charge in [-0.3, -0.25) is 0 Å². The minimum atomic E-state index is -0.658. The molecule has 1 atom stereocenters. The van der Waals surface area contributed by atoms with E-state index in [0.717, 1.165) is 18.4 Å². The molecular formula is C19H31FO. The standard InChI is InChI=1S/C19H31FO/c1-3-4-5-6-7-8-9-10-11-12-19(21)17-15-16(2)13-14-18(17)20/h13-15,19,21H,3-12H2,1-2H3. The molecular weight excluding hydrogens is 263 g/mol. The third-order valence-corrected chi connectivity index (χ3v) is 4.09. The van der Waals surface area contributed by atoms with Crippen LogP contribution in [0.3, 0.4) is 0 Å². The van der Waals surface area contributed by atoms with Gasteiger partial charge in [-0.1, -0.05) is 82.4 Å². The van der Waals surface area contributed by atoms with Gasteiger partial charge in [0.1, 0.15) is 5.82 Å². The van der Waals surface area contributed by atoms with Gasteiger partial charge in [0.15, 0.2) is 0 Å². The number of hydrogen-bond acceptors (Lipinski definition) is 1. The van der Waals surface area contributed by atoms with Crippen LogP contribution in [0.1, 0.15) is 88.4 Å². The van der Waals surface area contributed by atoms with Crippen molar-refractivity contribution in [2.75, 3.05) is 0 Å². The van der Waals surface area contributed by atoms with Crippen LogP contribution in [0.4, 0.5) is 4.39 Å². The molecule has 0 aromatic heterocycles. The fourth-order valence-electron chi connectivity index (χ4n) is 2.72. The zero-order valence-electron chi connectivity index (χ0n) is 13.7. The maximum Gasteiger partial charge on any atom is 0.129 e. The number of aliphatic hydroxyl groups is 1. The van der Waals surface area contributed by atoms with E-state index in [0.29, 0.717) is 12.0 Å². The normalized spacial score (nSPS) is 12.6. The number of benzene rings is 1. The Bertz CT molecular complexity index is 389. The van der Waals surface area contributed by atoms with Gasteiger partial charge >= 0.3 is 0 Å². The molecule has 0 aliphatic heterocycles. The van der Waals surface area contributed by atoms with Crippen molar-refractivity contribution >= 4 is 0 Å². The second-order valence-electron chi connectivity index (χ2n) is 6.16. The van der Waals surface area contributed by atoms with E-state index in [1.165, 1.54) is 51.0 Å². The maximum atomic E-state index is 13.6. The van der Waals surface area contributed by atoms with E-state index in [4.69, 9.17) is 0 Å². The van der Waals surface area contributed by atoms with Crippen molar-refractivity contribution in [2.24, 2.45) is 0 Å². The van der Waals surface area contributed by atoms with Crippen molar-refractivity contribution in [3.05, 3.63) is 35.1 Å². The van der Waals surface area contributed by atoms with Gasteiger partial charge in [-0.2, -0.15) is 0 Å². The predicted octanol–water partition coefficient (Wildman–Crippen LogP) is 6.09. The highest BCUT2D eigenvalue weighted by molar-refractivity contribution is 5.25. The maximum absolute atomic E-state index is 13.6. The van der Waals surface area contributed by atoms with E-state index >= 15 is 0 Å². The molecule has 0 aliphatic carbocycles. The predicted molar refractivity (Wildman–Crippen MR) is 87.9 cm³/mol. The molecule has 0 spiro atoms. The Morgan fingerprint density at radius 1 is 0.952 bits per heavy atom. The van der Waals surface area contributed by atoms with Crippen LogP contribution in [0, 0.1) is 12.7 Å². The number of rotatable bonds is 11. The Kier molecular flexibility index (Phi) is 9.32. The minimum Gasteiger partial charge on any atom is -0.388 e. The summed E-state index contributed by atoms with van der Waals surface area (Å²) in [4.78, 5) is 0. The van der Waals surface area contributed by atoms with E-state index in [9.17, 15) is 9.50 Å². The highest BCUT2D eigenvalue weighted by atomic mass is 19.1. The Balaban J connectivity index is 2.11. The zero-order valence-corrected chi connectivity index (χ0v) is 13.7. The van der Waals surface area contributed by atoms with Crippen molar-refractivity contribution in [3.8, 4) is 0 Å². The summed E-state index contributed by atoms with van der Waals surface area (Å²) < 4.78 is 13.6. The quantitative estimate of drug-likeness (QED) is 0.490. The topological polar surface area (TPSA) is 20.2 Å².